The van der Waals surface area contributed by atoms with Crippen LogP contribution >= 0.6 is 15.9 Å². The Morgan fingerprint density at radius 2 is 1.89 bits per heavy atom. The summed E-state index contributed by atoms with van der Waals surface area (Å²) in [4.78, 5) is 0. The van der Waals surface area contributed by atoms with Crippen LogP contribution in [-0.4, -0.2) is 18.3 Å². The van der Waals surface area contributed by atoms with Crippen molar-refractivity contribution in [2.24, 2.45) is 5.41 Å². The van der Waals surface area contributed by atoms with Crippen LogP contribution in [0.25, 0.3) is 0 Å². The number of rotatable bonds is 7. The van der Waals surface area contributed by atoms with Gasteiger partial charge in [0, 0.05) is 30.7 Å². The predicted octanol–water partition coefficient (Wildman–Crippen LogP) is 3.62. The van der Waals surface area contributed by atoms with E-state index in [1.807, 2.05) is 13.8 Å². The average Bonchev–Trinajstić information content (AvgIpc) is 2.43. The van der Waals surface area contributed by atoms with Gasteiger partial charge in [0.1, 0.15) is 11.6 Å². The maximum Gasteiger partial charge on any atom is 0.144 e. The summed E-state index contributed by atoms with van der Waals surface area (Å²) < 4.78 is 27.6. The third-order valence-electron chi connectivity index (χ3n) is 3.78. The molecule has 0 bridgehead atoms. The van der Waals surface area contributed by atoms with Gasteiger partial charge in [0.25, 0.3) is 0 Å². The molecule has 1 aromatic rings. The van der Waals surface area contributed by atoms with Crippen molar-refractivity contribution in [1.82, 2.24) is 5.32 Å². The molecule has 0 unspecified atom stereocenters. The Morgan fingerprint density at radius 3 is 2.42 bits per heavy atom. The van der Waals surface area contributed by atoms with Gasteiger partial charge in [-0.1, -0.05) is 13.8 Å². The van der Waals surface area contributed by atoms with Crippen LogP contribution in [0.4, 0.5) is 8.78 Å². The van der Waals surface area contributed by atoms with Crippen molar-refractivity contribution >= 4 is 15.9 Å². The van der Waals surface area contributed by atoms with Gasteiger partial charge in [0.05, 0.1) is 4.47 Å². The lowest BCUT2D eigenvalue weighted by Gasteiger charge is -2.29. The SMILES string of the molecule is CCC(CC)(CO)CNCc1c(F)ccc(Br)c1F. The molecule has 0 aliphatic heterocycles. The van der Waals surface area contributed by atoms with E-state index in [2.05, 4.69) is 21.2 Å². The summed E-state index contributed by atoms with van der Waals surface area (Å²) in [6.45, 7) is 4.71. The molecule has 0 amide bonds. The first kappa shape index (κ1) is 16.5. The minimum absolute atomic E-state index is 0.0217. The molecule has 0 spiro atoms. The third-order valence-corrected chi connectivity index (χ3v) is 4.39. The molecule has 2 N–H and O–H groups in total. The Bertz CT molecular complexity index is 414. The summed E-state index contributed by atoms with van der Waals surface area (Å²) in [6.07, 6.45) is 1.63. The van der Waals surface area contributed by atoms with Crippen LogP contribution in [0, 0.1) is 17.0 Å². The first-order valence-electron chi connectivity index (χ1n) is 6.43. The molecule has 0 aliphatic rings. The van der Waals surface area contributed by atoms with E-state index in [9.17, 15) is 13.9 Å². The zero-order valence-corrected chi connectivity index (χ0v) is 12.9. The van der Waals surface area contributed by atoms with Crippen LogP contribution in [0.5, 0.6) is 0 Å². The first-order valence-corrected chi connectivity index (χ1v) is 7.23. The number of aliphatic hydroxyl groups excluding tert-OH is 1. The Hall–Kier alpha value is -0.520. The van der Waals surface area contributed by atoms with Gasteiger partial charge in [0.15, 0.2) is 0 Å². The fourth-order valence-corrected chi connectivity index (χ4v) is 2.33. The topological polar surface area (TPSA) is 32.3 Å². The Kier molecular flexibility index (Phi) is 6.36. The highest BCUT2D eigenvalue weighted by molar-refractivity contribution is 9.10. The number of aliphatic hydroxyl groups is 1. The molecule has 5 heteroatoms. The summed E-state index contributed by atoms with van der Waals surface area (Å²) in [5.74, 6) is -1.13. The molecule has 0 radical (unpaired) electrons. The lowest BCUT2D eigenvalue weighted by atomic mass is 9.83. The number of halogens is 3. The Labute approximate surface area is 121 Å². The minimum atomic E-state index is -0.574. The van der Waals surface area contributed by atoms with Crippen molar-refractivity contribution in [3.63, 3.8) is 0 Å². The zero-order valence-electron chi connectivity index (χ0n) is 11.3. The molecule has 1 rings (SSSR count). The zero-order chi connectivity index (χ0) is 14.5. The molecule has 0 aromatic heterocycles. The van der Waals surface area contributed by atoms with Crippen LogP contribution in [0.1, 0.15) is 32.3 Å². The summed E-state index contributed by atoms with van der Waals surface area (Å²) >= 11 is 3.04. The lowest BCUT2D eigenvalue weighted by Crippen LogP contribution is -2.36. The largest absolute Gasteiger partial charge is 0.396 e. The van der Waals surface area contributed by atoms with E-state index in [4.69, 9.17) is 0 Å². The second-order valence-corrected chi connectivity index (χ2v) is 5.64. The molecule has 19 heavy (non-hydrogen) atoms. The standard InChI is InChI=1S/C14H20BrF2NO/c1-3-14(4-2,9-19)8-18-7-10-12(16)6-5-11(15)13(10)17/h5-6,18-19H,3-4,7-9H2,1-2H3. The van der Waals surface area contributed by atoms with E-state index in [1.54, 1.807) is 0 Å². The van der Waals surface area contributed by atoms with Gasteiger partial charge in [-0.3, -0.25) is 0 Å². The fraction of sp³-hybridized carbons (Fsp3) is 0.571. The van der Waals surface area contributed by atoms with Crippen molar-refractivity contribution in [1.29, 1.82) is 0 Å². The van der Waals surface area contributed by atoms with Gasteiger partial charge in [-0.25, -0.2) is 8.78 Å². The lowest BCUT2D eigenvalue weighted by molar-refractivity contribution is 0.113. The fourth-order valence-electron chi connectivity index (χ4n) is 1.96. The highest BCUT2D eigenvalue weighted by Gasteiger charge is 2.25. The minimum Gasteiger partial charge on any atom is -0.396 e. The summed E-state index contributed by atoms with van der Waals surface area (Å²) in [7, 11) is 0. The maximum absolute atomic E-state index is 13.8. The van der Waals surface area contributed by atoms with Crippen LogP contribution in [0.15, 0.2) is 16.6 Å². The summed E-state index contributed by atoms with van der Waals surface area (Å²) in [5.41, 5.74) is -0.202. The molecule has 0 saturated carbocycles. The molecule has 108 valence electrons. The van der Waals surface area contributed by atoms with E-state index in [0.717, 1.165) is 12.8 Å². The van der Waals surface area contributed by atoms with E-state index >= 15 is 0 Å². The number of benzene rings is 1. The highest BCUT2D eigenvalue weighted by atomic mass is 79.9. The van der Waals surface area contributed by atoms with Gasteiger partial charge in [-0.2, -0.15) is 0 Å². The maximum atomic E-state index is 13.8. The van der Waals surface area contributed by atoms with E-state index in [0.29, 0.717) is 6.54 Å². The number of hydrogen-bond donors (Lipinski definition) is 2. The molecular formula is C14H20BrF2NO. The molecule has 0 saturated heterocycles. The van der Waals surface area contributed by atoms with Gasteiger partial charge >= 0.3 is 0 Å². The third kappa shape index (κ3) is 3.97. The smallest absolute Gasteiger partial charge is 0.144 e. The van der Waals surface area contributed by atoms with Crippen molar-refractivity contribution < 1.29 is 13.9 Å². The predicted molar refractivity (Wildman–Crippen MR) is 75.9 cm³/mol. The van der Waals surface area contributed by atoms with Gasteiger partial charge in [0.2, 0.25) is 0 Å². The monoisotopic (exact) mass is 335 g/mol. The van der Waals surface area contributed by atoms with E-state index in [1.165, 1.54) is 12.1 Å². The van der Waals surface area contributed by atoms with Crippen LogP contribution in [0.2, 0.25) is 0 Å². The molecule has 0 atom stereocenters. The second kappa shape index (κ2) is 7.31. The van der Waals surface area contributed by atoms with Crippen LogP contribution < -0.4 is 5.32 Å². The van der Waals surface area contributed by atoms with Crippen molar-refractivity contribution in [3.05, 3.63) is 33.8 Å². The molecule has 1 aromatic carbocycles. The molecule has 0 heterocycles. The van der Waals surface area contributed by atoms with E-state index in [-0.39, 0.29) is 28.6 Å². The van der Waals surface area contributed by atoms with Crippen molar-refractivity contribution in [2.75, 3.05) is 13.2 Å². The van der Waals surface area contributed by atoms with Crippen molar-refractivity contribution in [2.45, 2.75) is 33.2 Å². The van der Waals surface area contributed by atoms with E-state index < -0.39 is 11.6 Å². The second-order valence-electron chi connectivity index (χ2n) is 4.79. The summed E-state index contributed by atoms with van der Waals surface area (Å²) in [5, 5.41) is 12.5. The Morgan fingerprint density at radius 1 is 1.26 bits per heavy atom. The van der Waals surface area contributed by atoms with Crippen LogP contribution in [-0.2, 0) is 6.54 Å². The first-order chi connectivity index (χ1) is 8.99. The van der Waals surface area contributed by atoms with Gasteiger partial charge in [-0.05, 0) is 40.9 Å². The quantitative estimate of drug-likeness (QED) is 0.746. The molecule has 0 aliphatic carbocycles. The highest BCUT2D eigenvalue weighted by Crippen LogP contribution is 2.25. The van der Waals surface area contributed by atoms with Gasteiger partial charge < -0.3 is 10.4 Å². The van der Waals surface area contributed by atoms with Crippen molar-refractivity contribution in [3.8, 4) is 0 Å². The number of hydrogen-bond acceptors (Lipinski definition) is 2. The van der Waals surface area contributed by atoms with Gasteiger partial charge in [-0.15, -0.1) is 0 Å². The molecule has 2 nitrogen and oxygen atoms in total. The number of nitrogens with one attached hydrogen (secondary N) is 1. The molecular weight excluding hydrogens is 316 g/mol. The van der Waals surface area contributed by atoms with Crippen LogP contribution in [0.3, 0.4) is 0 Å². The molecule has 0 fully saturated rings. The normalized spacial score (nSPS) is 11.9. The summed E-state index contributed by atoms with van der Waals surface area (Å²) in [6, 6.07) is 2.59. The average molecular weight is 336 g/mol. The Balaban J connectivity index is 2.70.